The van der Waals surface area contributed by atoms with Gasteiger partial charge in [-0.2, -0.15) is 0 Å². The van der Waals surface area contributed by atoms with E-state index in [2.05, 4.69) is 15.5 Å². The number of carbonyl (C=O) groups excluding carboxylic acids is 2. The van der Waals surface area contributed by atoms with Gasteiger partial charge in [0.05, 0.1) is 11.1 Å². The maximum absolute atomic E-state index is 13.2. The van der Waals surface area contributed by atoms with E-state index < -0.39 is 0 Å². The lowest BCUT2D eigenvalue weighted by Gasteiger charge is -2.24. The molecule has 8 nitrogen and oxygen atoms in total. The second kappa shape index (κ2) is 11.1. The molecule has 1 atom stereocenters. The number of benzene rings is 1. The molecule has 1 unspecified atom stereocenters. The normalized spacial score (nSPS) is 15.4. The Kier molecular flexibility index (Phi) is 7.70. The van der Waals surface area contributed by atoms with Crippen molar-refractivity contribution in [3.05, 3.63) is 71.1 Å². The molecule has 2 aromatic heterocycles. The third-order valence-electron chi connectivity index (χ3n) is 5.45. The lowest BCUT2D eigenvalue weighted by molar-refractivity contribution is -0.121. The number of aromatic nitrogens is 2. The van der Waals surface area contributed by atoms with Crippen molar-refractivity contribution >= 4 is 23.4 Å². The molecule has 1 N–H and O–H groups in total. The predicted octanol–water partition coefficient (Wildman–Crippen LogP) is 3.72. The third kappa shape index (κ3) is 6.18. The highest BCUT2D eigenvalue weighted by Gasteiger charge is 2.26. The van der Waals surface area contributed by atoms with Gasteiger partial charge in [0.1, 0.15) is 0 Å². The number of ether oxygens (including phenoxy) is 1. The van der Waals surface area contributed by atoms with E-state index in [9.17, 15) is 9.59 Å². The standard InChI is InChI=1S/C24H25ClN4O4/c25-20-6-2-1-5-19(20)22-14-21(28-33-22)24(31)29(16-18-4-3-13-32-18)12-9-23(30)27-15-17-7-10-26-11-8-17/h1-2,5-8,10-11,14,18H,3-4,9,12-13,15-16H2,(H,27,30). The van der Waals surface area contributed by atoms with E-state index in [-0.39, 0.29) is 36.6 Å². The Morgan fingerprint density at radius 3 is 2.76 bits per heavy atom. The topological polar surface area (TPSA) is 97.6 Å². The van der Waals surface area contributed by atoms with E-state index in [1.165, 1.54) is 0 Å². The monoisotopic (exact) mass is 468 g/mol. The van der Waals surface area contributed by atoms with Crippen LogP contribution in [-0.4, -0.2) is 52.7 Å². The molecule has 172 valence electrons. The van der Waals surface area contributed by atoms with Gasteiger partial charge in [0.15, 0.2) is 11.5 Å². The van der Waals surface area contributed by atoms with Crippen LogP contribution in [0.5, 0.6) is 0 Å². The van der Waals surface area contributed by atoms with Gasteiger partial charge in [0, 0.05) is 56.7 Å². The second-order valence-electron chi connectivity index (χ2n) is 7.82. The molecule has 3 aromatic rings. The summed E-state index contributed by atoms with van der Waals surface area (Å²) in [5.41, 5.74) is 1.78. The van der Waals surface area contributed by atoms with Crippen LogP contribution in [0.3, 0.4) is 0 Å². The summed E-state index contributed by atoms with van der Waals surface area (Å²) in [6, 6.07) is 12.5. The maximum Gasteiger partial charge on any atom is 0.276 e. The Balaban J connectivity index is 1.41. The van der Waals surface area contributed by atoms with Crippen LogP contribution < -0.4 is 5.32 Å². The van der Waals surface area contributed by atoms with E-state index in [0.29, 0.717) is 36.0 Å². The minimum absolute atomic E-state index is 0.0521. The molecular weight excluding hydrogens is 444 g/mol. The summed E-state index contributed by atoms with van der Waals surface area (Å²) in [4.78, 5) is 31.2. The van der Waals surface area contributed by atoms with Crippen LogP contribution in [0.1, 0.15) is 35.3 Å². The van der Waals surface area contributed by atoms with Gasteiger partial charge in [0.2, 0.25) is 5.91 Å². The zero-order valence-corrected chi connectivity index (χ0v) is 18.8. The molecule has 0 spiro atoms. The van der Waals surface area contributed by atoms with E-state index in [1.54, 1.807) is 35.5 Å². The van der Waals surface area contributed by atoms with Crippen molar-refractivity contribution in [2.45, 2.75) is 31.9 Å². The van der Waals surface area contributed by atoms with Gasteiger partial charge < -0.3 is 19.5 Å². The summed E-state index contributed by atoms with van der Waals surface area (Å²) in [6.07, 6.45) is 5.31. The van der Waals surface area contributed by atoms with Crippen LogP contribution in [-0.2, 0) is 16.1 Å². The van der Waals surface area contributed by atoms with Crippen LogP contribution in [0.4, 0.5) is 0 Å². The second-order valence-corrected chi connectivity index (χ2v) is 8.23. The Labute approximate surface area is 196 Å². The van der Waals surface area contributed by atoms with Crippen molar-refractivity contribution in [3.63, 3.8) is 0 Å². The summed E-state index contributed by atoms with van der Waals surface area (Å²) in [7, 11) is 0. The largest absolute Gasteiger partial charge is 0.376 e. The fourth-order valence-electron chi connectivity index (χ4n) is 3.66. The summed E-state index contributed by atoms with van der Waals surface area (Å²) in [6.45, 7) is 1.73. The molecule has 0 radical (unpaired) electrons. The Bertz CT molecular complexity index is 1080. The van der Waals surface area contributed by atoms with Gasteiger partial charge in [-0.1, -0.05) is 28.9 Å². The van der Waals surface area contributed by atoms with Gasteiger partial charge in [0.25, 0.3) is 5.91 Å². The van der Waals surface area contributed by atoms with Crippen molar-refractivity contribution in [1.82, 2.24) is 20.4 Å². The molecule has 33 heavy (non-hydrogen) atoms. The fourth-order valence-corrected chi connectivity index (χ4v) is 3.89. The first-order valence-corrected chi connectivity index (χ1v) is 11.3. The fraction of sp³-hybridized carbons (Fsp3) is 0.333. The first-order chi connectivity index (χ1) is 16.1. The molecular formula is C24H25ClN4O4. The lowest BCUT2D eigenvalue weighted by atomic mass is 10.1. The molecule has 1 aliphatic rings. The molecule has 1 saturated heterocycles. The number of carbonyl (C=O) groups is 2. The summed E-state index contributed by atoms with van der Waals surface area (Å²) in [5.74, 6) is -0.0422. The van der Waals surface area contributed by atoms with Gasteiger partial charge in [-0.15, -0.1) is 0 Å². The van der Waals surface area contributed by atoms with Gasteiger partial charge in [-0.25, -0.2) is 0 Å². The number of pyridine rings is 1. The smallest absolute Gasteiger partial charge is 0.276 e. The molecule has 1 aliphatic heterocycles. The van der Waals surface area contributed by atoms with Gasteiger partial charge in [-0.3, -0.25) is 14.6 Å². The van der Waals surface area contributed by atoms with Crippen LogP contribution in [0.25, 0.3) is 11.3 Å². The van der Waals surface area contributed by atoms with Crippen LogP contribution in [0.2, 0.25) is 5.02 Å². The molecule has 4 rings (SSSR count). The molecule has 0 aliphatic carbocycles. The molecule has 3 heterocycles. The lowest BCUT2D eigenvalue weighted by Crippen LogP contribution is -2.40. The third-order valence-corrected chi connectivity index (χ3v) is 5.78. The number of amides is 2. The van der Waals surface area contributed by atoms with Crippen molar-refractivity contribution in [2.24, 2.45) is 0 Å². The highest BCUT2D eigenvalue weighted by atomic mass is 35.5. The molecule has 9 heteroatoms. The minimum Gasteiger partial charge on any atom is -0.376 e. The van der Waals surface area contributed by atoms with Crippen molar-refractivity contribution in [2.75, 3.05) is 19.7 Å². The summed E-state index contributed by atoms with van der Waals surface area (Å²) >= 11 is 6.23. The molecule has 2 amide bonds. The minimum atomic E-state index is -0.311. The van der Waals surface area contributed by atoms with Crippen molar-refractivity contribution in [1.29, 1.82) is 0 Å². The number of nitrogens with zero attached hydrogens (tertiary/aromatic N) is 3. The van der Waals surface area contributed by atoms with Gasteiger partial charge in [-0.05, 0) is 42.7 Å². The number of rotatable bonds is 9. The molecule has 1 fully saturated rings. The number of hydrogen-bond donors (Lipinski definition) is 1. The first kappa shape index (κ1) is 22.9. The van der Waals surface area contributed by atoms with Crippen LogP contribution in [0.15, 0.2) is 59.4 Å². The molecule has 1 aromatic carbocycles. The van der Waals surface area contributed by atoms with Gasteiger partial charge >= 0.3 is 0 Å². The van der Waals surface area contributed by atoms with E-state index in [4.69, 9.17) is 20.9 Å². The number of halogens is 1. The maximum atomic E-state index is 13.2. The highest BCUT2D eigenvalue weighted by molar-refractivity contribution is 6.33. The Hall–Kier alpha value is -3.23. The quantitative estimate of drug-likeness (QED) is 0.514. The van der Waals surface area contributed by atoms with E-state index in [0.717, 1.165) is 18.4 Å². The van der Waals surface area contributed by atoms with Crippen molar-refractivity contribution in [3.8, 4) is 11.3 Å². The Morgan fingerprint density at radius 1 is 1.18 bits per heavy atom. The number of nitrogens with one attached hydrogen (secondary N) is 1. The Morgan fingerprint density at radius 2 is 2.00 bits per heavy atom. The average Bonchev–Trinajstić information content (AvgIpc) is 3.53. The summed E-state index contributed by atoms with van der Waals surface area (Å²) in [5, 5.41) is 7.34. The molecule has 0 bridgehead atoms. The zero-order chi connectivity index (χ0) is 23.0. The van der Waals surface area contributed by atoms with Crippen LogP contribution >= 0.6 is 11.6 Å². The highest BCUT2D eigenvalue weighted by Crippen LogP contribution is 2.28. The predicted molar refractivity (Wildman–Crippen MR) is 123 cm³/mol. The van der Waals surface area contributed by atoms with E-state index >= 15 is 0 Å². The SMILES string of the molecule is O=C(CCN(CC1CCCO1)C(=O)c1cc(-c2ccccc2Cl)on1)NCc1ccncc1. The average molecular weight is 469 g/mol. The van der Waals surface area contributed by atoms with E-state index in [1.807, 2.05) is 24.3 Å². The number of hydrogen-bond acceptors (Lipinski definition) is 6. The summed E-state index contributed by atoms with van der Waals surface area (Å²) < 4.78 is 11.1. The van der Waals surface area contributed by atoms with Crippen molar-refractivity contribution < 1.29 is 18.8 Å². The zero-order valence-electron chi connectivity index (χ0n) is 18.1. The van der Waals surface area contributed by atoms with Crippen LogP contribution in [0, 0.1) is 0 Å². The molecule has 0 saturated carbocycles. The first-order valence-electron chi connectivity index (χ1n) is 10.9.